The number of pyridine rings is 1. The molecule has 2 aromatic heterocycles. The minimum atomic E-state index is -0.221. The van der Waals surface area contributed by atoms with E-state index in [0.29, 0.717) is 29.9 Å². The standard InChI is InChI=1S/C19H20N4O2/c1-13-2-4-14(5-3-13)6-7-17(25)21-19-16(12-24)18(22-23-19)15-8-10-20-11-9-15/h2-5,8-11,24H,6-7,12H2,1H3,(H2,21,22,23,25). The predicted octanol–water partition coefficient (Wildman–Crippen LogP) is 2.84. The third-order valence-corrected chi connectivity index (χ3v) is 4.01. The van der Waals surface area contributed by atoms with Gasteiger partial charge in [0.05, 0.1) is 12.3 Å². The van der Waals surface area contributed by atoms with Gasteiger partial charge in [-0.3, -0.25) is 14.9 Å². The van der Waals surface area contributed by atoms with Crippen LogP contribution in [0.1, 0.15) is 23.1 Å². The average Bonchev–Trinajstić information content (AvgIpc) is 3.04. The monoisotopic (exact) mass is 336 g/mol. The molecule has 2 heterocycles. The summed E-state index contributed by atoms with van der Waals surface area (Å²) in [4.78, 5) is 16.2. The molecule has 6 nitrogen and oxygen atoms in total. The number of nitrogens with one attached hydrogen (secondary N) is 2. The number of aryl methyl sites for hydroxylation is 2. The third-order valence-electron chi connectivity index (χ3n) is 4.01. The Bertz CT molecular complexity index is 842. The number of carbonyl (C=O) groups excluding carboxylic acids is 1. The van der Waals surface area contributed by atoms with Crippen LogP contribution in [0.25, 0.3) is 11.3 Å². The highest BCUT2D eigenvalue weighted by Gasteiger charge is 2.16. The molecule has 3 rings (SSSR count). The second-order valence-electron chi connectivity index (χ2n) is 5.85. The molecule has 6 heteroatoms. The SMILES string of the molecule is Cc1ccc(CCC(=O)Nc2n[nH]c(-c3ccncc3)c2CO)cc1. The molecule has 0 aliphatic carbocycles. The lowest BCUT2D eigenvalue weighted by atomic mass is 10.1. The summed E-state index contributed by atoms with van der Waals surface area (Å²) in [6, 6.07) is 11.7. The first-order chi connectivity index (χ1) is 12.2. The minimum absolute atomic E-state index is 0.136. The predicted molar refractivity (Wildman–Crippen MR) is 95.9 cm³/mol. The van der Waals surface area contributed by atoms with Crippen LogP contribution in [0, 0.1) is 6.92 Å². The first-order valence-electron chi connectivity index (χ1n) is 8.11. The van der Waals surface area contributed by atoms with Crippen LogP contribution in [0.5, 0.6) is 0 Å². The van der Waals surface area contributed by atoms with Gasteiger partial charge in [0, 0.05) is 29.9 Å². The number of hydrogen-bond donors (Lipinski definition) is 3. The second kappa shape index (κ2) is 7.72. The number of aliphatic hydroxyl groups excluding tert-OH is 1. The molecule has 1 amide bonds. The fourth-order valence-corrected chi connectivity index (χ4v) is 2.59. The summed E-state index contributed by atoms with van der Waals surface area (Å²) in [5.74, 6) is 0.228. The molecule has 0 saturated carbocycles. The lowest BCUT2D eigenvalue weighted by molar-refractivity contribution is -0.116. The molecule has 128 valence electrons. The number of aromatic nitrogens is 3. The van der Waals surface area contributed by atoms with E-state index in [1.165, 1.54) is 5.56 Å². The highest BCUT2D eigenvalue weighted by Crippen LogP contribution is 2.26. The van der Waals surface area contributed by atoms with E-state index in [2.05, 4.69) is 20.5 Å². The van der Waals surface area contributed by atoms with Crippen molar-refractivity contribution in [3.63, 3.8) is 0 Å². The summed E-state index contributed by atoms with van der Waals surface area (Å²) >= 11 is 0. The number of benzene rings is 1. The van der Waals surface area contributed by atoms with Crippen LogP contribution < -0.4 is 5.32 Å². The maximum atomic E-state index is 12.2. The van der Waals surface area contributed by atoms with Crippen LogP contribution in [0.15, 0.2) is 48.8 Å². The molecule has 0 spiro atoms. The van der Waals surface area contributed by atoms with Crippen molar-refractivity contribution in [2.24, 2.45) is 0 Å². The summed E-state index contributed by atoms with van der Waals surface area (Å²) in [5, 5.41) is 19.5. The van der Waals surface area contributed by atoms with Crippen LogP contribution in [0.2, 0.25) is 0 Å². The summed E-state index contributed by atoms with van der Waals surface area (Å²) in [7, 11) is 0. The van der Waals surface area contributed by atoms with Gasteiger partial charge in [-0.25, -0.2) is 0 Å². The van der Waals surface area contributed by atoms with Crippen molar-refractivity contribution in [3.8, 4) is 11.3 Å². The lowest BCUT2D eigenvalue weighted by Gasteiger charge is -2.06. The first-order valence-corrected chi connectivity index (χ1v) is 8.11. The van der Waals surface area contributed by atoms with Crippen LogP contribution >= 0.6 is 0 Å². The quantitative estimate of drug-likeness (QED) is 0.645. The van der Waals surface area contributed by atoms with Gasteiger partial charge in [-0.15, -0.1) is 0 Å². The molecular weight excluding hydrogens is 316 g/mol. The average molecular weight is 336 g/mol. The molecule has 0 aliphatic heterocycles. The minimum Gasteiger partial charge on any atom is -0.391 e. The maximum absolute atomic E-state index is 12.2. The van der Waals surface area contributed by atoms with E-state index in [0.717, 1.165) is 11.1 Å². The fourth-order valence-electron chi connectivity index (χ4n) is 2.59. The van der Waals surface area contributed by atoms with Crippen molar-refractivity contribution >= 4 is 11.7 Å². The highest BCUT2D eigenvalue weighted by atomic mass is 16.3. The fraction of sp³-hybridized carbons (Fsp3) is 0.211. The van der Waals surface area contributed by atoms with E-state index in [-0.39, 0.29) is 12.5 Å². The summed E-state index contributed by atoms with van der Waals surface area (Å²) in [6.07, 6.45) is 4.34. The number of amides is 1. The zero-order chi connectivity index (χ0) is 17.6. The number of anilines is 1. The Labute approximate surface area is 145 Å². The van der Waals surface area contributed by atoms with Gasteiger partial charge in [0.25, 0.3) is 0 Å². The number of aliphatic hydroxyl groups is 1. The zero-order valence-electron chi connectivity index (χ0n) is 14.0. The Morgan fingerprint density at radius 3 is 2.56 bits per heavy atom. The van der Waals surface area contributed by atoms with E-state index in [9.17, 15) is 9.90 Å². The molecular formula is C19H20N4O2. The number of rotatable bonds is 6. The van der Waals surface area contributed by atoms with Crippen molar-refractivity contribution < 1.29 is 9.90 Å². The van der Waals surface area contributed by atoms with Crippen molar-refractivity contribution in [1.29, 1.82) is 0 Å². The molecule has 0 aliphatic rings. The number of aromatic amines is 1. The zero-order valence-corrected chi connectivity index (χ0v) is 14.0. The van der Waals surface area contributed by atoms with Crippen molar-refractivity contribution in [2.45, 2.75) is 26.4 Å². The number of H-pyrrole nitrogens is 1. The molecule has 3 aromatic rings. The topological polar surface area (TPSA) is 90.9 Å². The van der Waals surface area contributed by atoms with Gasteiger partial charge < -0.3 is 10.4 Å². The largest absolute Gasteiger partial charge is 0.391 e. The number of nitrogens with zero attached hydrogens (tertiary/aromatic N) is 2. The van der Waals surface area contributed by atoms with Gasteiger partial charge in [0.2, 0.25) is 5.91 Å². The first kappa shape index (κ1) is 16.9. The summed E-state index contributed by atoms with van der Waals surface area (Å²) in [6.45, 7) is 1.81. The Morgan fingerprint density at radius 2 is 1.88 bits per heavy atom. The summed E-state index contributed by atoms with van der Waals surface area (Å²) in [5.41, 5.74) is 4.41. The van der Waals surface area contributed by atoms with E-state index in [1.54, 1.807) is 12.4 Å². The third kappa shape index (κ3) is 4.10. The van der Waals surface area contributed by atoms with E-state index >= 15 is 0 Å². The molecule has 1 aromatic carbocycles. The molecule has 0 atom stereocenters. The smallest absolute Gasteiger partial charge is 0.225 e. The molecule has 0 bridgehead atoms. The molecule has 0 radical (unpaired) electrons. The van der Waals surface area contributed by atoms with Gasteiger partial charge in [0.15, 0.2) is 5.82 Å². The van der Waals surface area contributed by atoms with Gasteiger partial charge in [-0.1, -0.05) is 29.8 Å². The van der Waals surface area contributed by atoms with Crippen LogP contribution in [0.4, 0.5) is 5.82 Å². The van der Waals surface area contributed by atoms with Gasteiger partial charge >= 0.3 is 0 Å². The van der Waals surface area contributed by atoms with Gasteiger partial charge in [0.1, 0.15) is 0 Å². The van der Waals surface area contributed by atoms with E-state index < -0.39 is 0 Å². The number of hydrogen-bond acceptors (Lipinski definition) is 4. The van der Waals surface area contributed by atoms with Crippen molar-refractivity contribution in [2.75, 3.05) is 5.32 Å². The molecule has 0 unspecified atom stereocenters. The molecule has 0 fully saturated rings. The van der Waals surface area contributed by atoms with Crippen molar-refractivity contribution in [1.82, 2.24) is 15.2 Å². The Kier molecular flexibility index (Phi) is 5.20. The Balaban J connectivity index is 1.67. The van der Waals surface area contributed by atoms with E-state index in [4.69, 9.17) is 0 Å². The van der Waals surface area contributed by atoms with Gasteiger partial charge in [-0.2, -0.15) is 5.10 Å². The van der Waals surface area contributed by atoms with Crippen LogP contribution in [0.3, 0.4) is 0 Å². The maximum Gasteiger partial charge on any atom is 0.225 e. The molecule has 25 heavy (non-hydrogen) atoms. The van der Waals surface area contributed by atoms with Gasteiger partial charge in [-0.05, 0) is 31.0 Å². The van der Waals surface area contributed by atoms with E-state index in [1.807, 2.05) is 43.3 Å². The van der Waals surface area contributed by atoms with Crippen molar-refractivity contribution in [3.05, 3.63) is 65.5 Å². The normalized spacial score (nSPS) is 10.6. The van der Waals surface area contributed by atoms with Crippen LogP contribution in [-0.4, -0.2) is 26.2 Å². The number of carbonyl (C=O) groups is 1. The molecule has 3 N–H and O–H groups in total. The Morgan fingerprint density at radius 1 is 1.16 bits per heavy atom. The lowest BCUT2D eigenvalue weighted by Crippen LogP contribution is -2.14. The Hall–Kier alpha value is -2.99. The second-order valence-corrected chi connectivity index (χ2v) is 5.85. The van der Waals surface area contributed by atoms with Crippen LogP contribution in [-0.2, 0) is 17.8 Å². The highest BCUT2D eigenvalue weighted by molar-refractivity contribution is 5.91. The molecule has 0 saturated heterocycles. The summed E-state index contributed by atoms with van der Waals surface area (Å²) < 4.78 is 0.